The second kappa shape index (κ2) is 6.63. The van der Waals surface area contributed by atoms with Crippen molar-refractivity contribution in [2.75, 3.05) is 13.7 Å². The van der Waals surface area contributed by atoms with Crippen molar-refractivity contribution in [3.63, 3.8) is 0 Å². The van der Waals surface area contributed by atoms with Crippen molar-refractivity contribution in [1.82, 2.24) is 0 Å². The van der Waals surface area contributed by atoms with E-state index in [0.717, 1.165) is 0 Å². The molecule has 2 aromatic carbocycles. The molecule has 2 atom stereocenters. The van der Waals surface area contributed by atoms with E-state index < -0.39 is 71.1 Å². The summed E-state index contributed by atoms with van der Waals surface area (Å²) in [6.07, 6.45) is -2.75. The van der Waals surface area contributed by atoms with Gasteiger partial charge < -0.3 is 30.3 Å². The smallest absolute Gasteiger partial charge is 0.202 e. The molecule has 0 radical (unpaired) electrons. The van der Waals surface area contributed by atoms with Gasteiger partial charge in [-0.15, -0.1) is 0 Å². The molecule has 0 fully saturated rings. The first-order valence-corrected chi connectivity index (χ1v) is 9.08. The fourth-order valence-electron chi connectivity index (χ4n) is 4.30. The molecule has 9 nitrogen and oxygen atoms in total. The number of phenolic OH excluding ortho intramolecular Hbond substituents is 2. The number of ketones is 3. The zero-order valence-electron chi connectivity index (χ0n) is 15.8. The fraction of sp³-hybridized carbons (Fsp3) is 0.286. The van der Waals surface area contributed by atoms with Crippen LogP contribution in [0.5, 0.6) is 17.2 Å². The Morgan fingerprint density at radius 2 is 1.80 bits per heavy atom. The van der Waals surface area contributed by atoms with Crippen LogP contribution in [0.25, 0.3) is 0 Å². The minimum atomic E-state index is -2.21. The third-order valence-electron chi connectivity index (χ3n) is 5.76. The number of aliphatic hydroxyl groups is 3. The van der Waals surface area contributed by atoms with Gasteiger partial charge in [-0.2, -0.15) is 0 Å². The Labute approximate surface area is 169 Å². The summed E-state index contributed by atoms with van der Waals surface area (Å²) in [5, 5.41) is 51.9. The molecule has 5 N–H and O–H groups in total. The van der Waals surface area contributed by atoms with E-state index >= 15 is 0 Å². The van der Waals surface area contributed by atoms with Gasteiger partial charge in [0.1, 0.15) is 29.5 Å². The molecule has 0 bridgehead atoms. The average Bonchev–Trinajstić information content (AvgIpc) is 2.72. The summed E-state index contributed by atoms with van der Waals surface area (Å²) in [4.78, 5) is 38.3. The van der Waals surface area contributed by atoms with Crippen molar-refractivity contribution in [1.29, 1.82) is 0 Å². The molecule has 0 aromatic heterocycles. The number of phenols is 2. The van der Waals surface area contributed by atoms with Crippen LogP contribution in [0.15, 0.2) is 18.2 Å². The molecule has 0 unspecified atom stereocenters. The van der Waals surface area contributed by atoms with E-state index in [1.807, 2.05) is 0 Å². The second-order valence-electron chi connectivity index (χ2n) is 7.39. The number of carbonyl (C=O) groups excluding carboxylic acids is 3. The molecule has 0 amide bonds. The highest BCUT2D eigenvalue weighted by atomic mass is 16.5. The lowest BCUT2D eigenvalue weighted by molar-refractivity contribution is -0.145. The number of aliphatic hydroxyl groups excluding tert-OH is 2. The SMILES string of the molecule is COc1cccc2c1C(=O)c1c(O)c3c(c(O)c1C2=O)C[C@@](O)(C(=O)CO)C[C@@H]3O. The Bertz CT molecular complexity index is 1130. The molecule has 0 heterocycles. The molecule has 2 aromatic rings. The molecule has 2 aliphatic carbocycles. The van der Waals surface area contributed by atoms with Crippen molar-refractivity contribution < 1.29 is 44.7 Å². The van der Waals surface area contributed by atoms with E-state index in [2.05, 4.69) is 0 Å². The number of Topliss-reactive ketones (excluding diaryl/α,β-unsaturated/α-hetero) is 1. The summed E-state index contributed by atoms with van der Waals surface area (Å²) in [7, 11) is 1.32. The first-order chi connectivity index (χ1) is 14.2. The summed E-state index contributed by atoms with van der Waals surface area (Å²) in [6.45, 7) is -0.999. The quantitative estimate of drug-likeness (QED) is 0.376. The molecular formula is C21H18O9. The Balaban J connectivity index is 2.01. The van der Waals surface area contributed by atoms with Gasteiger partial charge in [-0.25, -0.2) is 0 Å². The van der Waals surface area contributed by atoms with Crippen molar-refractivity contribution in [3.05, 3.63) is 51.6 Å². The zero-order chi connectivity index (χ0) is 22.0. The topological polar surface area (TPSA) is 162 Å². The van der Waals surface area contributed by atoms with Gasteiger partial charge in [-0.1, -0.05) is 12.1 Å². The number of benzene rings is 2. The molecule has 156 valence electrons. The highest BCUT2D eigenvalue weighted by Gasteiger charge is 2.48. The van der Waals surface area contributed by atoms with E-state index in [1.54, 1.807) is 0 Å². The van der Waals surface area contributed by atoms with Crippen molar-refractivity contribution in [3.8, 4) is 17.2 Å². The van der Waals surface area contributed by atoms with Gasteiger partial charge in [0.05, 0.1) is 29.9 Å². The van der Waals surface area contributed by atoms with Gasteiger partial charge in [0.2, 0.25) is 5.78 Å². The summed E-state index contributed by atoms with van der Waals surface area (Å²) in [6, 6.07) is 4.34. The molecule has 4 rings (SSSR count). The van der Waals surface area contributed by atoms with Gasteiger partial charge >= 0.3 is 0 Å². The highest BCUT2D eigenvalue weighted by molar-refractivity contribution is 6.31. The maximum absolute atomic E-state index is 13.2. The van der Waals surface area contributed by atoms with Crippen molar-refractivity contribution >= 4 is 17.3 Å². The van der Waals surface area contributed by atoms with Crippen LogP contribution in [0.3, 0.4) is 0 Å². The first kappa shape index (κ1) is 20.0. The van der Waals surface area contributed by atoms with Gasteiger partial charge in [0.15, 0.2) is 11.6 Å². The lowest BCUT2D eigenvalue weighted by atomic mass is 9.72. The summed E-state index contributed by atoms with van der Waals surface area (Å²) in [5.41, 5.74) is -3.77. The van der Waals surface area contributed by atoms with Crippen molar-refractivity contribution in [2.45, 2.75) is 24.5 Å². The summed E-state index contributed by atoms with van der Waals surface area (Å²) < 4.78 is 5.16. The van der Waals surface area contributed by atoms with Crippen LogP contribution < -0.4 is 4.74 Å². The molecule has 30 heavy (non-hydrogen) atoms. The summed E-state index contributed by atoms with van der Waals surface area (Å²) in [5.74, 6) is -3.83. The largest absolute Gasteiger partial charge is 0.507 e. The van der Waals surface area contributed by atoms with Crippen LogP contribution in [0.2, 0.25) is 0 Å². The normalized spacial score (nSPS) is 22.2. The molecular weight excluding hydrogens is 396 g/mol. The number of rotatable bonds is 3. The number of aromatic hydroxyl groups is 2. The molecule has 0 saturated carbocycles. The average molecular weight is 414 g/mol. The van der Waals surface area contributed by atoms with Gasteiger partial charge in [-0.05, 0) is 6.07 Å². The molecule has 0 saturated heterocycles. The number of carbonyl (C=O) groups is 3. The lowest BCUT2D eigenvalue weighted by Crippen LogP contribution is -2.47. The van der Waals surface area contributed by atoms with E-state index in [0.29, 0.717) is 0 Å². The van der Waals surface area contributed by atoms with Crippen LogP contribution in [0, 0.1) is 0 Å². The van der Waals surface area contributed by atoms with Gasteiger partial charge in [-0.3, -0.25) is 14.4 Å². The Morgan fingerprint density at radius 1 is 1.13 bits per heavy atom. The molecule has 2 aliphatic rings. The Kier molecular flexibility index (Phi) is 4.42. The van der Waals surface area contributed by atoms with Crippen LogP contribution in [0.1, 0.15) is 55.5 Å². The predicted molar refractivity (Wildman–Crippen MR) is 100.0 cm³/mol. The maximum atomic E-state index is 13.2. The summed E-state index contributed by atoms with van der Waals surface area (Å²) >= 11 is 0. The number of fused-ring (bicyclic) bond motifs is 3. The second-order valence-corrected chi connectivity index (χ2v) is 7.39. The van der Waals surface area contributed by atoms with E-state index in [4.69, 9.17) is 9.84 Å². The molecule has 0 aliphatic heterocycles. The minimum absolute atomic E-state index is 0.0421. The highest BCUT2D eigenvalue weighted by Crippen LogP contribution is 2.50. The number of ether oxygens (including phenoxy) is 1. The van der Waals surface area contributed by atoms with Crippen LogP contribution in [-0.2, 0) is 11.2 Å². The Morgan fingerprint density at radius 3 is 2.43 bits per heavy atom. The third-order valence-corrected chi connectivity index (χ3v) is 5.76. The third kappa shape index (κ3) is 2.49. The van der Waals surface area contributed by atoms with Crippen LogP contribution in [-0.4, -0.2) is 62.2 Å². The number of methoxy groups -OCH3 is 1. The maximum Gasteiger partial charge on any atom is 0.202 e. The van der Waals surface area contributed by atoms with Crippen LogP contribution in [0.4, 0.5) is 0 Å². The lowest BCUT2D eigenvalue weighted by Gasteiger charge is -2.36. The van der Waals surface area contributed by atoms with E-state index in [9.17, 15) is 34.8 Å². The first-order valence-electron chi connectivity index (χ1n) is 9.08. The van der Waals surface area contributed by atoms with Crippen LogP contribution >= 0.6 is 0 Å². The van der Waals surface area contributed by atoms with E-state index in [-0.39, 0.29) is 28.0 Å². The zero-order valence-corrected chi connectivity index (χ0v) is 15.8. The fourth-order valence-corrected chi connectivity index (χ4v) is 4.30. The van der Waals surface area contributed by atoms with Crippen molar-refractivity contribution in [2.24, 2.45) is 0 Å². The number of hydrogen-bond acceptors (Lipinski definition) is 9. The van der Waals surface area contributed by atoms with Gasteiger partial charge in [0, 0.05) is 29.5 Å². The van der Waals surface area contributed by atoms with Gasteiger partial charge in [0.25, 0.3) is 0 Å². The molecule has 9 heteroatoms. The van der Waals surface area contributed by atoms with E-state index in [1.165, 1.54) is 25.3 Å². The Hall–Kier alpha value is -3.27. The molecule has 0 spiro atoms. The monoisotopic (exact) mass is 414 g/mol. The standard InChI is InChI=1S/C21H18O9/c1-30-11-4-2-3-8-14(11)20(28)16-15(17(8)25)18(26)9-5-21(29,12(24)7-22)6-10(23)13(9)19(16)27/h2-4,10,22-23,26-27,29H,5-7H2,1H3/t10-,21-/m0/s1. The predicted octanol–water partition coefficient (Wildman–Crippen LogP) is 0.154. The minimum Gasteiger partial charge on any atom is -0.507 e. The number of hydrogen-bond donors (Lipinski definition) is 5.